The van der Waals surface area contributed by atoms with Crippen LogP contribution in [0, 0.1) is 0 Å². The van der Waals surface area contributed by atoms with Gasteiger partial charge in [0.1, 0.15) is 0 Å². The first kappa shape index (κ1) is 13.7. The van der Waals surface area contributed by atoms with E-state index in [9.17, 15) is 0 Å². The molecule has 1 N–H and O–H groups in total. The summed E-state index contributed by atoms with van der Waals surface area (Å²) in [5.74, 6) is 0.697. The summed E-state index contributed by atoms with van der Waals surface area (Å²) in [6.45, 7) is 4.18. The summed E-state index contributed by atoms with van der Waals surface area (Å²) in [7, 11) is 0. The Bertz CT molecular complexity index is 602. The third kappa shape index (κ3) is 2.64. The van der Waals surface area contributed by atoms with E-state index in [1.165, 1.54) is 28.7 Å². The highest BCUT2D eigenvalue weighted by Gasteiger charge is 2.30. The Labute approximate surface area is 127 Å². The van der Waals surface area contributed by atoms with Gasteiger partial charge in [0.05, 0.1) is 9.72 Å². The molecule has 0 bridgehead atoms. The van der Waals surface area contributed by atoms with Crippen LogP contribution in [-0.4, -0.2) is 6.54 Å². The normalized spacial score (nSPS) is 15.3. The van der Waals surface area contributed by atoms with Gasteiger partial charge in [0.25, 0.3) is 0 Å². The van der Waals surface area contributed by atoms with Crippen LogP contribution in [0.5, 0.6) is 0 Å². The van der Waals surface area contributed by atoms with Crippen molar-refractivity contribution in [1.82, 2.24) is 5.32 Å². The number of halogens is 2. The van der Waals surface area contributed by atoms with Gasteiger partial charge in [0.2, 0.25) is 0 Å². The fraction of sp³-hybridized carbons (Fsp3) is 0.467. The lowest BCUT2D eigenvalue weighted by Crippen LogP contribution is -2.13. The molecule has 1 fully saturated rings. The van der Waals surface area contributed by atoms with Crippen LogP contribution in [0.15, 0.2) is 12.1 Å². The Balaban J connectivity index is 2.08. The first-order chi connectivity index (χ1) is 9.22. The highest BCUT2D eigenvalue weighted by Crippen LogP contribution is 2.51. The van der Waals surface area contributed by atoms with Gasteiger partial charge < -0.3 is 5.32 Å². The van der Waals surface area contributed by atoms with Gasteiger partial charge in [0.15, 0.2) is 0 Å². The molecule has 0 unspecified atom stereocenters. The summed E-state index contributed by atoms with van der Waals surface area (Å²) in [6.07, 6.45) is 3.73. The molecule has 3 rings (SSSR count). The van der Waals surface area contributed by atoms with Crippen molar-refractivity contribution < 1.29 is 0 Å². The van der Waals surface area contributed by atoms with Crippen LogP contribution in [0.3, 0.4) is 0 Å². The van der Waals surface area contributed by atoms with Crippen LogP contribution in [0.25, 0.3) is 10.1 Å². The summed E-state index contributed by atoms with van der Waals surface area (Å²) in [6, 6.07) is 3.83. The zero-order valence-electron chi connectivity index (χ0n) is 10.9. The predicted molar refractivity (Wildman–Crippen MR) is 85.8 cm³/mol. The van der Waals surface area contributed by atoms with E-state index in [0.717, 1.165) is 34.3 Å². The molecule has 1 nitrogen and oxygen atoms in total. The lowest BCUT2D eigenvalue weighted by atomic mass is 10.1. The van der Waals surface area contributed by atoms with E-state index < -0.39 is 0 Å². The second kappa shape index (κ2) is 5.61. The SMILES string of the molecule is CCCNCc1sc2c(Cl)ccc(Cl)c2c1C1CC1. The molecule has 0 amide bonds. The third-order valence-corrected chi connectivity index (χ3v) is 5.53. The number of fused-ring (bicyclic) bond motifs is 1. The first-order valence-corrected chi connectivity index (χ1v) is 8.39. The van der Waals surface area contributed by atoms with Crippen molar-refractivity contribution in [1.29, 1.82) is 0 Å². The number of benzene rings is 1. The average molecular weight is 314 g/mol. The number of rotatable bonds is 5. The maximum absolute atomic E-state index is 6.41. The minimum atomic E-state index is 0.697. The van der Waals surface area contributed by atoms with E-state index in [2.05, 4.69) is 12.2 Å². The van der Waals surface area contributed by atoms with Crippen molar-refractivity contribution in [3.05, 3.63) is 32.6 Å². The fourth-order valence-electron chi connectivity index (χ4n) is 2.52. The highest BCUT2D eigenvalue weighted by atomic mass is 35.5. The first-order valence-electron chi connectivity index (χ1n) is 6.82. The van der Waals surface area contributed by atoms with Gasteiger partial charge in [-0.15, -0.1) is 11.3 Å². The molecule has 1 saturated carbocycles. The van der Waals surface area contributed by atoms with E-state index in [1.54, 1.807) is 11.3 Å². The monoisotopic (exact) mass is 313 g/mol. The molecule has 4 heteroatoms. The summed E-state index contributed by atoms with van der Waals surface area (Å²) in [4.78, 5) is 1.42. The van der Waals surface area contributed by atoms with Gasteiger partial charge >= 0.3 is 0 Å². The van der Waals surface area contributed by atoms with E-state index in [4.69, 9.17) is 23.2 Å². The predicted octanol–water partition coefficient (Wildman–Crippen LogP) is 5.59. The van der Waals surface area contributed by atoms with Crippen molar-refractivity contribution in [2.75, 3.05) is 6.54 Å². The van der Waals surface area contributed by atoms with Gasteiger partial charge in [-0.25, -0.2) is 0 Å². The quantitative estimate of drug-likeness (QED) is 0.710. The maximum atomic E-state index is 6.41. The van der Waals surface area contributed by atoms with Crippen molar-refractivity contribution >= 4 is 44.6 Å². The van der Waals surface area contributed by atoms with E-state index >= 15 is 0 Å². The van der Waals surface area contributed by atoms with Crippen molar-refractivity contribution in [3.63, 3.8) is 0 Å². The second-order valence-electron chi connectivity index (χ2n) is 5.12. The Hall–Kier alpha value is -0.280. The lowest BCUT2D eigenvalue weighted by molar-refractivity contribution is 0.678. The van der Waals surface area contributed by atoms with Crippen LogP contribution >= 0.6 is 34.5 Å². The van der Waals surface area contributed by atoms with Gasteiger partial charge in [-0.2, -0.15) is 0 Å². The Morgan fingerprint density at radius 3 is 2.68 bits per heavy atom. The molecule has 1 aromatic heterocycles. The number of nitrogens with one attached hydrogen (secondary N) is 1. The van der Waals surface area contributed by atoms with Crippen molar-refractivity contribution in [3.8, 4) is 0 Å². The largest absolute Gasteiger partial charge is 0.312 e. The van der Waals surface area contributed by atoms with Gasteiger partial charge in [0, 0.05) is 21.8 Å². The molecular formula is C15H17Cl2NS. The molecule has 102 valence electrons. The molecule has 0 saturated heterocycles. The topological polar surface area (TPSA) is 12.0 Å². The zero-order chi connectivity index (χ0) is 13.4. The van der Waals surface area contributed by atoms with Gasteiger partial charge in [-0.3, -0.25) is 0 Å². The van der Waals surface area contributed by atoms with E-state index in [0.29, 0.717) is 5.92 Å². The number of thiophene rings is 1. The van der Waals surface area contributed by atoms with Crippen molar-refractivity contribution in [2.24, 2.45) is 0 Å². The van der Waals surface area contributed by atoms with Crippen LogP contribution in [0.2, 0.25) is 10.0 Å². The van der Waals surface area contributed by atoms with Gasteiger partial charge in [-0.05, 0) is 49.4 Å². The van der Waals surface area contributed by atoms with E-state index in [-0.39, 0.29) is 0 Å². The van der Waals surface area contributed by atoms with E-state index in [1.807, 2.05) is 12.1 Å². The molecule has 0 aliphatic heterocycles. The number of hydrogen-bond donors (Lipinski definition) is 1. The average Bonchev–Trinajstić information content (AvgIpc) is 3.16. The summed E-state index contributed by atoms with van der Waals surface area (Å²) >= 11 is 14.5. The molecule has 2 aromatic rings. The standard InChI is InChI=1S/C15H17Cl2NS/c1-2-7-18-8-12-13(9-3-4-9)14-10(16)5-6-11(17)15(14)19-12/h5-6,9,18H,2-4,7-8H2,1H3. The minimum absolute atomic E-state index is 0.697. The molecule has 0 atom stereocenters. The summed E-state index contributed by atoms with van der Waals surface area (Å²) < 4.78 is 1.16. The van der Waals surface area contributed by atoms with Crippen molar-refractivity contribution in [2.45, 2.75) is 38.6 Å². The second-order valence-corrected chi connectivity index (χ2v) is 7.04. The molecule has 0 radical (unpaired) electrons. The molecule has 19 heavy (non-hydrogen) atoms. The smallest absolute Gasteiger partial charge is 0.0585 e. The molecular weight excluding hydrogens is 297 g/mol. The summed E-state index contributed by atoms with van der Waals surface area (Å²) in [5, 5.41) is 6.38. The Morgan fingerprint density at radius 2 is 2.00 bits per heavy atom. The Morgan fingerprint density at radius 1 is 1.26 bits per heavy atom. The molecule has 1 heterocycles. The molecule has 0 spiro atoms. The fourth-order valence-corrected chi connectivity index (χ4v) is 4.39. The zero-order valence-corrected chi connectivity index (χ0v) is 13.3. The minimum Gasteiger partial charge on any atom is -0.312 e. The summed E-state index contributed by atoms with van der Waals surface area (Å²) in [5.41, 5.74) is 1.45. The van der Waals surface area contributed by atoms with Crippen LogP contribution in [0.1, 0.15) is 42.5 Å². The third-order valence-electron chi connectivity index (χ3n) is 3.55. The van der Waals surface area contributed by atoms with Crippen LogP contribution < -0.4 is 5.32 Å². The Kier molecular flexibility index (Phi) is 4.04. The number of hydrogen-bond acceptors (Lipinski definition) is 2. The highest BCUT2D eigenvalue weighted by molar-refractivity contribution is 7.20. The lowest BCUT2D eigenvalue weighted by Gasteiger charge is -2.05. The molecule has 1 aliphatic rings. The maximum Gasteiger partial charge on any atom is 0.0585 e. The molecule has 1 aromatic carbocycles. The van der Waals surface area contributed by atoms with Gasteiger partial charge in [-0.1, -0.05) is 30.1 Å². The van der Waals surface area contributed by atoms with Crippen LogP contribution in [0.4, 0.5) is 0 Å². The molecule has 1 aliphatic carbocycles. The van der Waals surface area contributed by atoms with Crippen LogP contribution in [-0.2, 0) is 6.54 Å².